The van der Waals surface area contributed by atoms with E-state index in [0.717, 1.165) is 12.8 Å². The van der Waals surface area contributed by atoms with Gasteiger partial charge in [0.2, 0.25) is 0 Å². The highest BCUT2D eigenvalue weighted by atomic mass is 28.3. The Balaban J connectivity index is 5.20. The van der Waals surface area contributed by atoms with Crippen molar-refractivity contribution < 1.29 is 5.11 Å². The zero-order valence-electron chi connectivity index (χ0n) is 15.2. The molecule has 0 aliphatic heterocycles. The third-order valence-electron chi connectivity index (χ3n) is 4.57. The van der Waals surface area contributed by atoms with Crippen LogP contribution in [0.2, 0.25) is 16.6 Å². The predicted octanol–water partition coefficient (Wildman–Crippen LogP) is 5.01. The molecule has 0 bridgehead atoms. The van der Waals surface area contributed by atoms with Crippen LogP contribution in [0.3, 0.4) is 0 Å². The first-order chi connectivity index (χ1) is 9.70. The Kier molecular flexibility index (Phi) is 9.03. The Labute approximate surface area is 133 Å². The lowest BCUT2D eigenvalue weighted by Gasteiger charge is -2.38. The van der Waals surface area contributed by atoms with Gasteiger partial charge in [0.25, 0.3) is 0 Å². The van der Waals surface area contributed by atoms with Crippen molar-refractivity contribution in [3.8, 4) is 23.3 Å². The lowest BCUT2D eigenvalue weighted by atomic mass is 10.0. The molecular formula is C19H34OSi. The molecule has 0 aromatic carbocycles. The lowest BCUT2D eigenvalue weighted by Crippen LogP contribution is -2.43. The molecule has 0 aromatic rings. The summed E-state index contributed by atoms with van der Waals surface area (Å²) in [6, 6.07) is 0. The Morgan fingerprint density at radius 1 is 0.857 bits per heavy atom. The molecule has 0 aliphatic rings. The molecule has 0 spiro atoms. The molecule has 2 heteroatoms. The fraction of sp³-hybridized carbons (Fsp3) is 0.789. The standard InChI is InChI=1S/C19H34OSi/c1-9-10-11-12-18(8)19(20)13-14-21(15(2)3,16(4)5)17(6)7/h15-20H,9,12H2,1-8H3/t18-,19+/m0/s1. The Hall–Kier alpha value is -0.703. The maximum atomic E-state index is 10.3. The monoisotopic (exact) mass is 306 g/mol. The summed E-state index contributed by atoms with van der Waals surface area (Å²) in [5.41, 5.74) is 5.41. The second-order valence-electron chi connectivity index (χ2n) is 7.00. The summed E-state index contributed by atoms with van der Waals surface area (Å²) < 4.78 is 0. The van der Waals surface area contributed by atoms with Gasteiger partial charge in [-0.2, -0.15) is 0 Å². The molecule has 21 heavy (non-hydrogen) atoms. The third-order valence-corrected chi connectivity index (χ3v) is 10.9. The summed E-state index contributed by atoms with van der Waals surface area (Å²) in [4.78, 5) is 0. The van der Waals surface area contributed by atoms with Crippen molar-refractivity contribution in [2.24, 2.45) is 5.92 Å². The molecule has 0 saturated carbocycles. The molecule has 0 unspecified atom stereocenters. The molecule has 120 valence electrons. The molecule has 0 rings (SSSR count). The molecule has 1 N–H and O–H groups in total. The smallest absolute Gasteiger partial charge is 0.146 e. The van der Waals surface area contributed by atoms with E-state index >= 15 is 0 Å². The van der Waals surface area contributed by atoms with Crippen LogP contribution in [0.15, 0.2) is 0 Å². The van der Waals surface area contributed by atoms with Gasteiger partial charge >= 0.3 is 0 Å². The number of rotatable bonds is 5. The van der Waals surface area contributed by atoms with E-state index in [4.69, 9.17) is 0 Å². The summed E-state index contributed by atoms with van der Waals surface area (Å²) in [6.07, 6.45) is 1.04. The van der Waals surface area contributed by atoms with Crippen LogP contribution in [0.1, 0.15) is 68.2 Å². The van der Waals surface area contributed by atoms with Gasteiger partial charge in [0.15, 0.2) is 0 Å². The van der Waals surface area contributed by atoms with E-state index in [2.05, 4.69) is 64.8 Å². The normalized spacial score (nSPS) is 14.5. The maximum Gasteiger partial charge on any atom is 0.146 e. The van der Waals surface area contributed by atoms with E-state index in [-0.39, 0.29) is 5.92 Å². The van der Waals surface area contributed by atoms with Crippen molar-refractivity contribution in [2.75, 3.05) is 0 Å². The summed E-state index contributed by atoms with van der Waals surface area (Å²) in [5.74, 6) is 9.49. The molecule has 0 amide bonds. The van der Waals surface area contributed by atoms with Crippen LogP contribution in [0.25, 0.3) is 0 Å². The zero-order valence-corrected chi connectivity index (χ0v) is 16.2. The van der Waals surface area contributed by atoms with Gasteiger partial charge in [-0.3, -0.25) is 0 Å². The fourth-order valence-electron chi connectivity index (χ4n) is 3.24. The van der Waals surface area contributed by atoms with E-state index in [1.54, 1.807) is 0 Å². The third kappa shape index (κ3) is 5.53. The van der Waals surface area contributed by atoms with E-state index < -0.39 is 14.2 Å². The number of hydrogen-bond donors (Lipinski definition) is 1. The van der Waals surface area contributed by atoms with Crippen molar-refractivity contribution in [1.82, 2.24) is 0 Å². The summed E-state index contributed by atoms with van der Waals surface area (Å²) >= 11 is 0. The highest BCUT2D eigenvalue weighted by Gasteiger charge is 2.41. The van der Waals surface area contributed by atoms with Gasteiger partial charge in [-0.15, -0.1) is 17.4 Å². The zero-order chi connectivity index (χ0) is 16.6. The number of aliphatic hydroxyl groups is 1. The van der Waals surface area contributed by atoms with Crippen LogP contribution in [0.5, 0.6) is 0 Å². The Morgan fingerprint density at radius 3 is 1.71 bits per heavy atom. The predicted molar refractivity (Wildman–Crippen MR) is 96.7 cm³/mol. The van der Waals surface area contributed by atoms with Gasteiger partial charge in [0.05, 0.1) is 0 Å². The van der Waals surface area contributed by atoms with E-state index in [9.17, 15) is 5.11 Å². The molecule has 1 nitrogen and oxygen atoms in total. The fourth-order valence-corrected chi connectivity index (χ4v) is 8.51. The first-order valence-electron chi connectivity index (χ1n) is 8.36. The first kappa shape index (κ1) is 20.3. The van der Waals surface area contributed by atoms with Gasteiger partial charge in [-0.1, -0.05) is 61.3 Å². The van der Waals surface area contributed by atoms with Crippen LogP contribution in [-0.4, -0.2) is 19.3 Å². The van der Waals surface area contributed by atoms with E-state index in [1.807, 2.05) is 13.8 Å². The number of hydrogen-bond acceptors (Lipinski definition) is 1. The molecule has 0 fully saturated rings. The van der Waals surface area contributed by atoms with Crippen LogP contribution in [0.4, 0.5) is 0 Å². The highest BCUT2D eigenvalue weighted by Crippen LogP contribution is 2.40. The summed E-state index contributed by atoms with van der Waals surface area (Å²) in [7, 11) is -1.73. The molecular weight excluding hydrogens is 272 g/mol. The van der Waals surface area contributed by atoms with Crippen LogP contribution < -0.4 is 0 Å². The van der Waals surface area contributed by atoms with Crippen molar-refractivity contribution >= 4 is 8.07 Å². The van der Waals surface area contributed by atoms with Crippen molar-refractivity contribution in [3.05, 3.63) is 0 Å². The average molecular weight is 307 g/mol. The van der Waals surface area contributed by atoms with Crippen molar-refractivity contribution in [2.45, 2.75) is 91.0 Å². The van der Waals surface area contributed by atoms with E-state index in [0.29, 0.717) is 16.6 Å². The first-order valence-corrected chi connectivity index (χ1v) is 10.6. The summed E-state index contributed by atoms with van der Waals surface area (Å²) in [5, 5.41) is 10.3. The Morgan fingerprint density at radius 2 is 1.33 bits per heavy atom. The van der Waals surface area contributed by atoms with Crippen molar-refractivity contribution in [3.63, 3.8) is 0 Å². The maximum absolute atomic E-state index is 10.3. The quantitative estimate of drug-likeness (QED) is 0.559. The topological polar surface area (TPSA) is 20.2 Å². The van der Waals surface area contributed by atoms with Gasteiger partial charge in [-0.25, -0.2) is 0 Å². The minimum atomic E-state index is -1.73. The largest absolute Gasteiger partial charge is 0.380 e. The SMILES string of the molecule is CCC#CC[C@H](C)[C@H](O)C#C[Si](C(C)C)(C(C)C)C(C)C. The average Bonchev–Trinajstić information content (AvgIpc) is 2.37. The molecule has 0 aromatic heterocycles. The van der Waals surface area contributed by atoms with Gasteiger partial charge in [-0.05, 0) is 16.6 Å². The molecule has 0 saturated heterocycles. The van der Waals surface area contributed by atoms with E-state index in [1.165, 1.54) is 0 Å². The molecule has 0 heterocycles. The molecule has 0 aliphatic carbocycles. The van der Waals surface area contributed by atoms with Gasteiger partial charge < -0.3 is 5.11 Å². The Bertz CT molecular complexity index is 393. The molecule has 2 atom stereocenters. The lowest BCUT2D eigenvalue weighted by molar-refractivity contribution is 0.174. The highest BCUT2D eigenvalue weighted by molar-refractivity contribution is 6.90. The van der Waals surface area contributed by atoms with Gasteiger partial charge in [0, 0.05) is 18.8 Å². The number of aliphatic hydroxyl groups excluding tert-OH is 1. The minimum absolute atomic E-state index is 0.120. The van der Waals surface area contributed by atoms with Crippen LogP contribution >= 0.6 is 0 Å². The van der Waals surface area contributed by atoms with Gasteiger partial charge in [0.1, 0.15) is 14.2 Å². The summed E-state index contributed by atoms with van der Waals surface area (Å²) in [6.45, 7) is 17.8. The minimum Gasteiger partial charge on any atom is -0.380 e. The van der Waals surface area contributed by atoms with Crippen molar-refractivity contribution in [1.29, 1.82) is 0 Å². The van der Waals surface area contributed by atoms with Crippen LogP contribution in [-0.2, 0) is 0 Å². The van der Waals surface area contributed by atoms with Crippen LogP contribution in [0, 0.1) is 29.2 Å². The second kappa shape index (κ2) is 9.34. The second-order valence-corrected chi connectivity index (χ2v) is 12.6. The molecule has 0 radical (unpaired) electrons.